The van der Waals surface area contributed by atoms with Crippen molar-refractivity contribution in [3.63, 3.8) is 0 Å². The van der Waals surface area contributed by atoms with Crippen molar-refractivity contribution in [1.29, 1.82) is 0 Å². The zero-order chi connectivity index (χ0) is 16.9. The van der Waals surface area contributed by atoms with E-state index in [2.05, 4.69) is 29.3 Å². The lowest BCUT2D eigenvalue weighted by Crippen LogP contribution is -2.42. The van der Waals surface area contributed by atoms with Gasteiger partial charge in [0, 0.05) is 29.4 Å². The number of nitrogens with zero attached hydrogens (tertiary/aromatic N) is 1. The maximum Gasteiger partial charge on any atom is 0.123 e. The van der Waals surface area contributed by atoms with E-state index in [4.69, 9.17) is 9.84 Å². The van der Waals surface area contributed by atoms with Gasteiger partial charge in [0.05, 0.1) is 12.7 Å². The van der Waals surface area contributed by atoms with E-state index in [0.717, 1.165) is 30.8 Å². The number of likely N-dealkylation sites (tertiary alicyclic amines) is 1. The topological polar surface area (TPSA) is 52.9 Å². The largest absolute Gasteiger partial charge is 0.491 e. The smallest absolute Gasteiger partial charge is 0.123 e. The number of para-hydroxylation sites is 1. The van der Waals surface area contributed by atoms with Gasteiger partial charge in [0.25, 0.3) is 0 Å². The van der Waals surface area contributed by atoms with Crippen molar-refractivity contribution in [2.45, 2.75) is 31.9 Å². The summed E-state index contributed by atoms with van der Waals surface area (Å²) in [5.41, 5.74) is 2.39. The highest BCUT2D eigenvalue weighted by Gasteiger charge is 2.30. The highest BCUT2D eigenvalue weighted by atomic mass is 32.1. The first-order chi connectivity index (χ1) is 11.7. The van der Waals surface area contributed by atoms with Crippen molar-refractivity contribution >= 4 is 11.3 Å². The van der Waals surface area contributed by atoms with Crippen LogP contribution in [0.2, 0.25) is 0 Å². The Morgan fingerprint density at radius 1 is 1.29 bits per heavy atom. The fraction of sp³-hybridized carbons (Fsp3) is 0.474. The van der Waals surface area contributed by atoms with Crippen LogP contribution in [0.5, 0.6) is 5.75 Å². The van der Waals surface area contributed by atoms with Crippen LogP contribution in [-0.4, -0.2) is 47.5 Å². The molecule has 24 heavy (non-hydrogen) atoms. The number of hydrogen-bond donors (Lipinski definition) is 2. The van der Waals surface area contributed by atoms with E-state index in [1.165, 1.54) is 10.4 Å². The van der Waals surface area contributed by atoms with Crippen molar-refractivity contribution in [3.8, 4) is 5.75 Å². The number of β-amino-alcohol motifs (C(OH)–C–C–N with tert-alkyl or cyclic N) is 1. The maximum atomic E-state index is 10.6. The van der Waals surface area contributed by atoms with Crippen molar-refractivity contribution in [2.75, 3.05) is 26.3 Å². The number of ether oxygens (including phenoxy) is 1. The second kappa shape index (κ2) is 8.12. The van der Waals surface area contributed by atoms with Crippen LogP contribution < -0.4 is 4.74 Å². The monoisotopic (exact) mass is 347 g/mol. The predicted octanol–water partition coefficient (Wildman–Crippen LogP) is 2.78. The third-order valence-corrected chi connectivity index (χ3v) is 5.77. The third kappa shape index (κ3) is 3.98. The lowest BCUT2D eigenvalue weighted by molar-refractivity contribution is 0.0480. The van der Waals surface area contributed by atoms with Gasteiger partial charge >= 0.3 is 0 Å². The fourth-order valence-electron chi connectivity index (χ4n) is 3.38. The summed E-state index contributed by atoms with van der Waals surface area (Å²) in [5.74, 6) is 1.07. The van der Waals surface area contributed by atoms with E-state index < -0.39 is 0 Å². The molecule has 1 aromatic heterocycles. The molecule has 0 amide bonds. The van der Waals surface area contributed by atoms with Crippen LogP contribution in [0.15, 0.2) is 35.7 Å². The Balaban J connectivity index is 1.64. The lowest BCUT2D eigenvalue weighted by Gasteiger charge is -2.36. The van der Waals surface area contributed by atoms with Gasteiger partial charge in [0.2, 0.25) is 0 Å². The molecule has 1 aliphatic heterocycles. The number of rotatable bonds is 6. The first-order valence-electron chi connectivity index (χ1n) is 8.45. The van der Waals surface area contributed by atoms with Gasteiger partial charge in [-0.2, -0.15) is 0 Å². The number of aliphatic hydroxyl groups excluding tert-OH is 2. The second-order valence-corrected chi connectivity index (χ2v) is 7.29. The SMILES string of the molecule is Cc1ccsc1[C@@H]1CCN(Cc2ccccc2OCCO)C[C@H]1O. The molecule has 5 heteroatoms. The molecule has 0 bridgehead atoms. The Bertz CT molecular complexity index is 658. The zero-order valence-electron chi connectivity index (χ0n) is 14.0. The van der Waals surface area contributed by atoms with Crippen molar-refractivity contribution in [3.05, 3.63) is 51.7 Å². The summed E-state index contributed by atoms with van der Waals surface area (Å²) < 4.78 is 5.61. The normalized spacial score (nSPS) is 21.8. The molecular formula is C19H25NO3S. The van der Waals surface area contributed by atoms with E-state index in [0.29, 0.717) is 13.2 Å². The molecule has 2 N–H and O–H groups in total. The Kier molecular flexibility index (Phi) is 5.89. The molecular weight excluding hydrogens is 322 g/mol. The van der Waals surface area contributed by atoms with Crippen LogP contribution in [0.25, 0.3) is 0 Å². The molecule has 2 heterocycles. The Morgan fingerprint density at radius 3 is 2.83 bits per heavy atom. The standard InChI is InChI=1S/C19H25NO3S/c1-14-7-11-24-19(14)16-6-8-20(13-17(16)22)12-15-4-2-3-5-18(15)23-10-9-21/h2-5,7,11,16-17,21-22H,6,8-10,12-13H2,1H3/t16-,17-/m1/s1. The molecule has 0 unspecified atom stereocenters. The summed E-state index contributed by atoms with van der Waals surface area (Å²) >= 11 is 1.75. The summed E-state index contributed by atoms with van der Waals surface area (Å²) in [6.07, 6.45) is 0.643. The summed E-state index contributed by atoms with van der Waals surface area (Å²) in [6.45, 7) is 4.84. The number of thiophene rings is 1. The minimum Gasteiger partial charge on any atom is -0.491 e. The molecule has 1 fully saturated rings. The number of aryl methyl sites for hydroxylation is 1. The minimum absolute atomic E-state index is 0.0125. The van der Waals surface area contributed by atoms with Gasteiger partial charge in [-0.05, 0) is 43.0 Å². The fourth-order valence-corrected chi connectivity index (χ4v) is 4.51. The average Bonchev–Trinajstić information content (AvgIpc) is 3.00. The van der Waals surface area contributed by atoms with Crippen LogP contribution >= 0.6 is 11.3 Å². The molecule has 0 saturated carbocycles. The van der Waals surface area contributed by atoms with E-state index in [9.17, 15) is 5.11 Å². The molecule has 0 aliphatic carbocycles. The van der Waals surface area contributed by atoms with Crippen molar-refractivity contribution < 1.29 is 14.9 Å². The molecule has 1 saturated heterocycles. The predicted molar refractivity (Wildman–Crippen MR) is 96.7 cm³/mol. The van der Waals surface area contributed by atoms with Crippen LogP contribution in [-0.2, 0) is 6.54 Å². The average molecular weight is 347 g/mol. The lowest BCUT2D eigenvalue weighted by atomic mass is 9.90. The molecule has 0 radical (unpaired) electrons. The van der Waals surface area contributed by atoms with E-state index >= 15 is 0 Å². The molecule has 3 rings (SSSR count). The summed E-state index contributed by atoms with van der Waals surface area (Å²) in [5, 5.41) is 21.7. The first kappa shape index (κ1) is 17.4. The summed E-state index contributed by atoms with van der Waals surface area (Å²) in [4.78, 5) is 3.61. The van der Waals surface area contributed by atoms with Crippen molar-refractivity contribution in [1.82, 2.24) is 4.90 Å². The van der Waals surface area contributed by atoms with Gasteiger partial charge in [-0.1, -0.05) is 18.2 Å². The first-order valence-corrected chi connectivity index (χ1v) is 9.33. The van der Waals surface area contributed by atoms with Crippen LogP contribution in [0.1, 0.15) is 28.3 Å². The van der Waals surface area contributed by atoms with Gasteiger partial charge in [-0.15, -0.1) is 11.3 Å². The Morgan fingerprint density at radius 2 is 2.12 bits per heavy atom. The Hall–Kier alpha value is -1.40. The van der Waals surface area contributed by atoms with Gasteiger partial charge < -0.3 is 14.9 Å². The van der Waals surface area contributed by atoms with Gasteiger partial charge in [0.1, 0.15) is 12.4 Å². The maximum absolute atomic E-state index is 10.6. The molecule has 0 spiro atoms. The number of aliphatic hydroxyl groups is 2. The molecule has 2 atom stereocenters. The van der Waals surface area contributed by atoms with E-state index in [1.54, 1.807) is 11.3 Å². The molecule has 130 valence electrons. The van der Waals surface area contributed by atoms with E-state index in [1.807, 2.05) is 18.2 Å². The third-order valence-electron chi connectivity index (χ3n) is 4.62. The molecule has 1 aromatic carbocycles. The van der Waals surface area contributed by atoms with Gasteiger partial charge in [-0.25, -0.2) is 0 Å². The number of piperidine rings is 1. The van der Waals surface area contributed by atoms with E-state index in [-0.39, 0.29) is 18.6 Å². The Labute approximate surface area is 147 Å². The second-order valence-electron chi connectivity index (χ2n) is 6.35. The minimum atomic E-state index is -0.332. The highest BCUT2D eigenvalue weighted by molar-refractivity contribution is 7.10. The molecule has 4 nitrogen and oxygen atoms in total. The van der Waals surface area contributed by atoms with Crippen LogP contribution in [0, 0.1) is 6.92 Å². The number of hydrogen-bond acceptors (Lipinski definition) is 5. The van der Waals surface area contributed by atoms with Crippen LogP contribution in [0.4, 0.5) is 0 Å². The molecule has 1 aliphatic rings. The van der Waals surface area contributed by atoms with Crippen molar-refractivity contribution in [2.24, 2.45) is 0 Å². The van der Waals surface area contributed by atoms with Gasteiger partial charge in [0.15, 0.2) is 0 Å². The summed E-state index contributed by atoms with van der Waals surface area (Å²) in [7, 11) is 0. The zero-order valence-corrected chi connectivity index (χ0v) is 14.8. The van der Waals surface area contributed by atoms with Crippen LogP contribution in [0.3, 0.4) is 0 Å². The molecule has 2 aromatic rings. The highest BCUT2D eigenvalue weighted by Crippen LogP contribution is 2.34. The summed E-state index contributed by atoms with van der Waals surface area (Å²) in [6, 6.07) is 10.1. The quantitative estimate of drug-likeness (QED) is 0.844. The number of benzene rings is 1. The van der Waals surface area contributed by atoms with Gasteiger partial charge in [-0.3, -0.25) is 4.90 Å².